The molecule has 1 saturated heterocycles. The Bertz CT molecular complexity index is 380. The van der Waals surface area contributed by atoms with E-state index in [2.05, 4.69) is 21.2 Å². The van der Waals surface area contributed by atoms with Crippen LogP contribution in [0.5, 0.6) is 0 Å². The van der Waals surface area contributed by atoms with Crippen molar-refractivity contribution in [3.63, 3.8) is 0 Å². The van der Waals surface area contributed by atoms with E-state index in [0.717, 1.165) is 12.2 Å². The summed E-state index contributed by atoms with van der Waals surface area (Å²) in [7, 11) is 0. The minimum Gasteiger partial charge on any atom is -0.397 e. The molecule has 0 amide bonds. The van der Waals surface area contributed by atoms with Gasteiger partial charge in [-0.15, -0.1) is 0 Å². The molecular formula is C11H14BrFN2S. The predicted octanol–water partition coefficient (Wildman–Crippen LogP) is 3.48. The number of halogens is 2. The van der Waals surface area contributed by atoms with Crippen molar-refractivity contribution in [2.45, 2.75) is 18.1 Å². The van der Waals surface area contributed by atoms with Crippen LogP contribution in [0.3, 0.4) is 0 Å². The van der Waals surface area contributed by atoms with E-state index in [0.29, 0.717) is 15.4 Å². The number of anilines is 2. The summed E-state index contributed by atoms with van der Waals surface area (Å²) >= 11 is 5.14. The average Bonchev–Trinajstić information content (AvgIpc) is 2.74. The number of hydrogen-bond donors (Lipinski definition) is 2. The zero-order valence-corrected chi connectivity index (χ0v) is 11.2. The summed E-state index contributed by atoms with van der Waals surface area (Å²) in [5.74, 6) is 0.924. The lowest BCUT2D eigenvalue weighted by atomic mass is 10.2. The topological polar surface area (TPSA) is 38.0 Å². The number of hydrogen-bond acceptors (Lipinski definition) is 3. The van der Waals surface area contributed by atoms with Gasteiger partial charge in [0.2, 0.25) is 0 Å². The van der Waals surface area contributed by atoms with Crippen molar-refractivity contribution in [2.75, 3.05) is 23.3 Å². The standard InChI is InChI=1S/C11H14BrFN2S/c12-8-4-11(10(14)5-9(8)13)15-6-7-2-1-3-16-7/h4-5,7,15H,1-3,6,14H2. The van der Waals surface area contributed by atoms with Gasteiger partial charge in [-0.3, -0.25) is 0 Å². The molecule has 0 spiro atoms. The zero-order chi connectivity index (χ0) is 11.5. The van der Waals surface area contributed by atoms with Crippen LogP contribution in [0.1, 0.15) is 12.8 Å². The van der Waals surface area contributed by atoms with Crippen LogP contribution >= 0.6 is 27.7 Å². The third-order valence-corrected chi connectivity index (χ3v) is 4.64. The Balaban J connectivity index is 2.00. The van der Waals surface area contributed by atoms with Gasteiger partial charge < -0.3 is 11.1 Å². The number of benzene rings is 1. The molecule has 2 rings (SSSR count). The van der Waals surface area contributed by atoms with E-state index in [9.17, 15) is 4.39 Å². The monoisotopic (exact) mass is 304 g/mol. The molecule has 0 aromatic heterocycles. The van der Waals surface area contributed by atoms with E-state index in [1.54, 1.807) is 6.07 Å². The second-order valence-corrected chi connectivity index (χ2v) is 6.13. The maximum absolute atomic E-state index is 13.1. The normalized spacial score (nSPS) is 20.0. The molecule has 1 aliphatic heterocycles. The van der Waals surface area contributed by atoms with E-state index in [4.69, 9.17) is 5.73 Å². The van der Waals surface area contributed by atoms with E-state index in [1.807, 2.05) is 11.8 Å². The van der Waals surface area contributed by atoms with Crippen LogP contribution < -0.4 is 11.1 Å². The molecule has 88 valence electrons. The van der Waals surface area contributed by atoms with Gasteiger partial charge in [0.25, 0.3) is 0 Å². The molecule has 1 atom stereocenters. The molecule has 1 fully saturated rings. The molecule has 1 aromatic rings. The first-order valence-electron chi connectivity index (χ1n) is 5.27. The molecule has 2 nitrogen and oxygen atoms in total. The van der Waals surface area contributed by atoms with Gasteiger partial charge in [0.15, 0.2) is 0 Å². The van der Waals surface area contributed by atoms with Gasteiger partial charge in [0.1, 0.15) is 5.82 Å². The van der Waals surface area contributed by atoms with Crippen LogP contribution in [0.15, 0.2) is 16.6 Å². The van der Waals surface area contributed by atoms with Crippen LogP contribution in [-0.4, -0.2) is 17.5 Å². The highest BCUT2D eigenvalue weighted by Gasteiger charge is 2.15. The number of nitrogens with one attached hydrogen (secondary N) is 1. The van der Waals surface area contributed by atoms with E-state index < -0.39 is 0 Å². The summed E-state index contributed by atoms with van der Waals surface area (Å²) in [6.07, 6.45) is 2.54. The smallest absolute Gasteiger partial charge is 0.139 e. The molecule has 1 aliphatic rings. The third-order valence-electron chi connectivity index (χ3n) is 2.64. The molecule has 5 heteroatoms. The average molecular weight is 305 g/mol. The number of rotatable bonds is 3. The van der Waals surface area contributed by atoms with Gasteiger partial charge in [-0.05, 0) is 40.6 Å². The van der Waals surface area contributed by atoms with Gasteiger partial charge in [0, 0.05) is 17.9 Å². The summed E-state index contributed by atoms with van der Waals surface area (Å²) in [6, 6.07) is 3.04. The first kappa shape index (κ1) is 12.0. The zero-order valence-electron chi connectivity index (χ0n) is 8.80. The molecule has 0 aliphatic carbocycles. The summed E-state index contributed by atoms with van der Waals surface area (Å²) in [5, 5.41) is 3.94. The molecule has 1 unspecified atom stereocenters. The molecule has 0 radical (unpaired) electrons. The molecule has 0 saturated carbocycles. The molecule has 1 aromatic carbocycles. The largest absolute Gasteiger partial charge is 0.397 e. The predicted molar refractivity (Wildman–Crippen MR) is 72.5 cm³/mol. The maximum Gasteiger partial charge on any atom is 0.139 e. The van der Waals surface area contributed by atoms with Crippen molar-refractivity contribution in [1.29, 1.82) is 0 Å². The second kappa shape index (κ2) is 5.27. The fraction of sp³-hybridized carbons (Fsp3) is 0.455. The molecule has 16 heavy (non-hydrogen) atoms. The molecular weight excluding hydrogens is 291 g/mol. The first-order valence-corrected chi connectivity index (χ1v) is 7.11. The SMILES string of the molecule is Nc1cc(F)c(Br)cc1NCC1CCCS1. The Labute approximate surface area is 107 Å². The highest BCUT2D eigenvalue weighted by atomic mass is 79.9. The van der Waals surface area contributed by atoms with Crippen LogP contribution in [0.25, 0.3) is 0 Å². The summed E-state index contributed by atoms with van der Waals surface area (Å²) < 4.78 is 13.6. The molecule has 0 bridgehead atoms. The van der Waals surface area contributed by atoms with E-state index in [1.165, 1.54) is 24.7 Å². The fourth-order valence-corrected chi connectivity index (χ4v) is 3.29. The lowest BCUT2D eigenvalue weighted by Crippen LogP contribution is -2.14. The molecule has 1 heterocycles. The first-order chi connectivity index (χ1) is 7.66. The van der Waals surface area contributed by atoms with Crippen molar-refractivity contribution in [3.05, 3.63) is 22.4 Å². The van der Waals surface area contributed by atoms with Crippen LogP contribution in [-0.2, 0) is 0 Å². The van der Waals surface area contributed by atoms with Crippen molar-refractivity contribution in [2.24, 2.45) is 0 Å². The highest BCUT2D eigenvalue weighted by Crippen LogP contribution is 2.29. The number of nitrogen functional groups attached to an aromatic ring is 1. The lowest BCUT2D eigenvalue weighted by Gasteiger charge is -2.13. The van der Waals surface area contributed by atoms with Crippen molar-refractivity contribution < 1.29 is 4.39 Å². The summed E-state index contributed by atoms with van der Waals surface area (Å²) in [4.78, 5) is 0. The van der Waals surface area contributed by atoms with Crippen molar-refractivity contribution in [1.82, 2.24) is 0 Å². The van der Waals surface area contributed by atoms with Crippen LogP contribution in [0.2, 0.25) is 0 Å². The Kier molecular flexibility index (Phi) is 3.97. The van der Waals surface area contributed by atoms with Gasteiger partial charge >= 0.3 is 0 Å². The summed E-state index contributed by atoms with van der Waals surface area (Å²) in [5.41, 5.74) is 7.01. The van der Waals surface area contributed by atoms with E-state index in [-0.39, 0.29) is 5.82 Å². The van der Waals surface area contributed by atoms with Gasteiger partial charge in [-0.2, -0.15) is 11.8 Å². The quantitative estimate of drug-likeness (QED) is 0.840. The molecule has 3 N–H and O–H groups in total. The van der Waals surface area contributed by atoms with Gasteiger partial charge in [0.05, 0.1) is 15.8 Å². The third kappa shape index (κ3) is 2.83. The van der Waals surface area contributed by atoms with E-state index >= 15 is 0 Å². The minimum absolute atomic E-state index is 0.321. The maximum atomic E-state index is 13.1. The Morgan fingerprint density at radius 2 is 2.38 bits per heavy atom. The van der Waals surface area contributed by atoms with Crippen molar-refractivity contribution >= 4 is 39.1 Å². The lowest BCUT2D eigenvalue weighted by molar-refractivity contribution is 0.622. The number of nitrogens with two attached hydrogens (primary N) is 1. The van der Waals surface area contributed by atoms with Crippen LogP contribution in [0.4, 0.5) is 15.8 Å². The van der Waals surface area contributed by atoms with Crippen LogP contribution in [0, 0.1) is 5.82 Å². The number of thioether (sulfide) groups is 1. The Hall–Kier alpha value is -0.420. The minimum atomic E-state index is -0.321. The fourth-order valence-electron chi connectivity index (χ4n) is 1.74. The van der Waals surface area contributed by atoms with Crippen molar-refractivity contribution in [3.8, 4) is 0 Å². The highest BCUT2D eigenvalue weighted by molar-refractivity contribution is 9.10. The second-order valence-electron chi connectivity index (χ2n) is 3.87. The Morgan fingerprint density at radius 1 is 1.56 bits per heavy atom. The summed E-state index contributed by atoms with van der Waals surface area (Å²) in [6.45, 7) is 0.896. The van der Waals surface area contributed by atoms with Gasteiger partial charge in [-0.25, -0.2) is 4.39 Å². The Morgan fingerprint density at radius 3 is 3.06 bits per heavy atom. The van der Waals surface area contributed by atoms with Gasteiger partial charge in [-0.1, -0.05) is 0 Å².